The molecule has 0 saturated heterocycles. The zero-order valence-corrected chi connectivity index (χ0v) is 17.5. The van der Waals surface area contributed by atoms with E-state index in [1.807, 2.05) is 44.2 Å². The number of nitro benzene ring substituents is 1. The van der Waals surface area contributed by atoms with Gasteiger partial charge in [0.1, 0.15) is 13.2 Å². The monoisotopic (exact) mass is 420 g/mol. The molecule has 3 aromatic rings. The molecule has 7 nitrogen and oxygen atoms in total. The van der Waals surface area contributed by atoms with Gasteiger partial charge in [0.2, 0.25) is 0 Å². The molecule has 31 heavy (non-hydrogen) atoms. The maximum Gasteiger partial charge on any atom is 0.269 e. The molecule has 0 N–H and O–H groups in total. The zero-order valence-electron chi connectivity index (χ0n) is 17.5. The lowest BCUT2D eigenvalue weighted by Crippen LogP contribution is -2.00. The van der Waals surface area contributed by atoms with Crippen molar-refractivity contribution in [2.24, 2.45) is 5.16 Å². The predicted octanol–water partition coefficient (Wildman–Crippen LogP) is 5.43. The van der Waals surface area contributed by atoms with Gasteiger partial charge in [-0.2, -0.15) is 0 Å². The third kappa shape index (κ3) is 6.57. The molecule has 0 aliphatic rings. The Bertz CT molecular complexity index is 1050. The van der Waals surface area contributed by atoms with Crippen LogP contribution in [0, 0.1) is 17.0 Å². The summed E-state index contributed by atoms with van der Waals surface area (Å²) in [7, 11) is 0. The van der Waals surface area contributed by atoms with Gasteiger partial charge in [0.05, 0.1) is 17.7 Å². The quantitative estimate of drug-likeness (QED) is 0.248. The highest BCUT2D eigenvalue weighted by atomic mass is 16.6. The van der Waals surface area contributed by atoms with E-state index in [0.717, 1.165) is 11.1 Å². The standard InChI is InChI=1S/C24H24N2O5/c1-3-29-24-14-20(11-12-23(24)30-16-19-9-7-18(2)8-10-19)15-25-31-17-21-5-4-6-22(13-21)26(27)28/h4-15H,3,16-17H2,1-2H3/b25-15-. The van der Waals surface area contributed by atoms with E-state index in [2.05, 4.69) is 17.3 Å². The van der Waals surface area contributed by atoms with Crippen LogP contribution in [0.1, 0.15) is 29.2 Å². The van der Waals surface area contributed by atoms with Gasteiger partial charge in [-0.3, -0.25) is 10.1 Å². The van der Waals surface area contributed by atoms with Crippen LogP contribution in [0.5, 0.6) is 11.5 Å². The molecule has 7 heteroatoms. The highest BCUT2D eigenvalue weighted by molar-refractivity contribution is 5.80. The SMILES string of the molecule is CCOc1cc(/C=N\OCc2cccc([N+](=O)[O-])c2)ccc1OCc1ccc(C)cc1. The van der Waals surface area contributed by atoms with Gasteiger partial charge in [0.25, 0.3) is 5.69 Å². The number of aryl methyl sites for hydroxylation is 1. The van der Waals surface area contributed by atoms with Crippen LogP contribution in [0.2, 0.25) is 0 Å². The number of hydrogen-bond acceptors (Lipinski definition) is 6. The number of hydrogen-bond donors (Lipinski definition) is 0. The smallest absolute Gasteiger partial charge is 0.269 e. The summed E-state index contributed by atoms with van der Waals surface area (Å²) in [5.41, 5.74) is 3.75. The normalized spacial score (nSPS) is 10.8. The second kappa shape index (κ2) is 10.8. The number of rotatable bonds is 10. The highest BCUT2D eigenvalue weighted by Crippen LogP contribution is 2.29. The van der Waals surface area contributed by atoms with Gasteiger partial charge >= 0.3 is 0 Å². The van der Waals surface area contributed by atoms with Crippen molar-refractivity contribution in [3.05, 3.63) is 99.1 Å². The third-order valence-corrected chi connectivity index (χ3v) is 4.41. The first kappa shape index (κ1) is 21.8. The van der Waals surface area contributed by atoms with Crippen LogP contribution in [-0.2, 0) is 18.1 Å². The molecule has 0 bridgehead atoms. The molecule has 0 radical (unpaired) electrons. The van der Waals surface area contributed by atoms with E-state index in [4.69, 9.17) is 14.3 Å². The first-order chi connectivity index (χ1) is 15.0. The first-order valence-corrected chi connectivity index (χ1v) is 9.89. The summed E-state index contributed by atoms with van der Waals surface area (Å²) in [5, 5.41) is 14.8. The Labute approximate surface area is 181 Å². The van der Waals surface area contributed by atoms with Crippen molar-refractivity contribution >= 4 is 11.9 Å². The fraction of sp³-hybridized carbons (Fsp3) is 0.208. The van der Waals surface area contributed by atoms with Crippen LogP contribution in [0.3, 0.4) is 0 Å². The molecule has 0 heterocycles. The summed E-state index contributed by atoms with van der Waals surface area (Å²) in [6.07, 6.45) is 1.56. The minimum atomic E-state index is -0.440. The molecule has 0 atom stereocenters. The van der Waals surface area contributed by atoms with Crippen LogP contribution in [-0.4, -0.2) is 17.7 Å². The molecular weight excluding hydrogens is 396 g/mol. The number of ether oxygens (including phenoxy) is 2. The lowest BCUT2D eigenvalue weighted by atomic mass is 10.2. The Balaban J connectivity index is 1.61. The van der Waals surface area contributed by atoms with E-state index in [0.29, 0.717) is 30.3 Å². The number of non-ortho nitro benzene ring substituents is 1. The molecule has 3 rings (SSSR count). The first-order valence-electron chi connectivity index (χ1n) is 9.89. The number of oxime groups is 1. The minimum Gasteiger partial charge on any atom is -0.490 e. The molecule has 0 aliphatic heterocycles. The molecular formula is C24H24N2O5. The minimum absolute atomic E-state index is 0.0210. The van der Waals surface area contributed by atoms with E-state index in [9.17, 15) is 10.1 Å². The van der Waals surface area contributed by atoms with Crippen molar-refractivity contribution in [2.75, 3.05) is 6.61 Å². The summed E-state index contributed by atoms with van der Waals surface area (Å²) in [4.78, 5) is 15.7. The van der Waals surface area contributed by atoms with Gasteiger partial charge in [-0.25, -0.2) is 0 Å². The van der Waals surface area contributed by atoms with Gasteiger partial charge in [-0.15, -0.1) is 0 Å². The lowest BCUT2D eigenvalue weighted by Gasteiger charge is -2.12. The van der Waals surface area contributed by atoms with Crippen LogP contribution in [0.25, 0.3) is 0 Å². The summed E-state index contributed by atoms with van der Waals surface area (Å²) in [6, 6.07) is 19.9. The molecule has 0 unspecified atom stereocenters. The number of benzene rings is 3. The van der Waals surface area contributed by atoms with Crippen LogP contribution < -0.4 is 9.47 Å². The van der Waals surface area contributed by atoms with E-state index >= 15 is 0 Å². The van der Waals surface area contributed by atoms with Gasteiger partial charge < -0.3 is 14.3 Å². The second-order valence-electron chi connectivity index (χ2n) is 6.85. The van der Waals surface area contributed by atoms with Crippen molar-refractivity contribution < 1.29 is 19.2 Å². The zero-order chi connectivity index (χ0) is 22.1. The largest absolute Gasteiger partial charge is 0.490 e. The van der Waals surface area contributed by atoms with Crippen molar-refractivity contribution in [2.45, 2.75) is 27.1 Å². The summed E-state index contributed by atoms with van der Waals surface area (Å²) < 4.78 is 11.6. The average Bonchev–Trinajstić information content (AvgIpc) is 2.77. The predicted molar refractivity (Wildman–Crippen MR) is 119 cm³/mol. The second-order valence-corrected chi connectivity index (χ2v) is 6.85. The fourth-order valence-electron chi connectivity index (χ4n) is 2.81. The van der Waals surface area contributed by atoms with Crippen molar-refractivity contribution in [1.29, 1.82) is 0 Å². The fourth-order valence-corrected chi connectivity index (χ4v) is 2.81. The Hall–Kier alpha value is -3.87. The topological polar surface area (TPSA) is 83.2 Å². The molecule has 0 amide bonds. The van der Waals surface area contributed by atoms with E-state index in [1.165, 1.54) is 17.7 Å². The molecule has 0 saturated carbocycles. The maximum absolute atomic E-state index is 10.8. The van der Waals surface area contributed by atoms with Gasteiger partial charge in [-0.05, 0) is 43.2 Å². The summed E-state index contributed by atoms with van der Waals surface area (Å²) >= 11 is 0. The number of nitrogens with zero attached hydrogens (tertiary/aromatic N) is 2. The van der Waals surface area contributed by atoms with Crippen LogP contribution >= 0.6 is 0 Å². The molecule has 0 spiro atoms. The van der Waals surface area contributed by atoms with Crippen molar-refractivity contribution in [3.63, 3.8) is 0 Å². The summed E-state index contributed by atoms with van der Waals surface area (Å²) in [5.74, 6) is 1.27. The number of nitro groups is 1. The molecule has 0 aromatic heterocycles. The molecule has 0 aliphatic carbocycles. The highest BCUT2D eigenvalue weighted by Gasteiger charge is 2.07. The Morgan fingerprint density at radius 1 is 0.935 bits per heavy atom. The maximum atomic E-state index is 10.8. The Morgan fingerprint density at radius 2 is 1.74 bits per heavy atom. The third-order valence-electron chi connectivity index (χ3n) is 4.41. The van der Waals surface area contributed by atoms with Crippen molar-refractivity contribution in [1.82, 2.24) is 0 Å². The van der Waals surface area contributed by atoms with Crippen LogP contribution in [0.15, 0.2) is 71.9 Å². The van der Waals surface area contributed by atoms with E-state index < -0.39 is 4.92 Å². The average molecular weight is 420 g/mol. The molecule has 3 aromatic carbocycles. The van der Waals surface area contributed by atoms with Gasteiger partial charge in [0.15, 0.2) is 11.5 Å². The Kier molecular flexibility index (Phi) is 7.59. The lowest BCUT2D eigenvalue weighted by molar-refractivity contribution is -0.384. The van der Waals surface area contributed by atoms with Crippen LogP contribution in [0.4, 0.5) is 5.69 Å². The molecule has 160 valence electrons. The Morgan fingerprint density at radius 3 is 2.48 bits per heavy atom. The van der Waals surface area contributed by atoms with Gasteiger partial charge in [-0.1, -0.05) is 47.1 Å². The van der Waals surface area contributed by atoms with Gasteiger partial charge in [0, 0.05) is 17.7 Å². The van der Waals surface area contributed by atoms with E-state index in [-0.39, 0.29) is 12.3 Å². The van der Waals surface area contributed by atoms with E-state index in [1.54, 1.807) is 18.3 Å². The van der Waals surface area contributed by atoms with Crippen molar-refractivity contribution in [3.8, 4) is 11.5 Å². The summed E-state index contributed by atoms with van der Waals surface area (Å²) in [6.45, 7) is 5.04. The molecule has 0 fully saturated rings.